The Labute approximate surface area is 113 Å². The Hall–Kier alpha value is -2.46. The quantitative estimate of drug-likeness (QED) is 0.653. The molecule has 0 saturated carbocycles. The van der Waals surface area contributed by atoms with Crippen molar-refractivity contribution in [1.82, 2.24) is 4.98 Å². The molecule has 0 saturated heterocycles. The summed E-state index contributed by atoms with van der Waals surface area (Å²) in [4.78, 5) is 3.32. The molecule has 92 valence electrons. The zero-order valence-corrected chi connectivity index (χ0v) is 10.7. The fraction of sp³-hybridized carbons (Fsp3) is 0.111. The first-order chi connectivity index (χ1) is 9.42. The Morgan fingerprint density at radius 3 is 2.53 bits per heavy atom. The van der Waals surface area contributed by atoms with Crippen LogP contribution in [-0.2, 0) is 6.42 Å². The smallest absolute Gasteiger partial charge is 0.0904 e. The number of hydrogen-bond acceptors (Lipinski definition) is 0. The maximum absolute atomic E-state index is 3.32. The summed E-state index contributed by atoms with van der Waals surface area (Å²) >= 11 is 0. The van der Waals surface area contributed by atoms with Crippen LogP contribution >= 0.6 is 0 Å². The Morgan fingerprint density at radius 1 is 0.895 bits per heavy atom. The standard InChI is InChI=1S/C18H15N/c1-2-8-15(9-3-1)10-4-6-12-17-14-16-11-5-7-13-18(16)19-17/h1-3,5,7-9,11,13-14,19H,4,10H2. The molecule has 0 aliphatic heterocycles. The van der Waals surface area contributed by atoms with E-state index in [9.17, 15) is 0 Å². The van der Waals surface area contributed by atoms with Gasteiger partial charge in [-0.25, -0.2) is 0 Å². The lowest BCUT2D eigenvalue weighted by Crippen LogP contribution is -1.81. The summed E-state index contributed by atoms with van der Waals surface area (Å²) in [5.74, 6) is 6.43. The van der Waals surface area contributed by atoms with Gasteiger partial charge in [0.05, 0.1) is 5.69 Å². The van der Waals surface area contributed by atoms with E-state index in [1.165, 1.54) is 10.9 Å². The van der Waals surface area contributed by atoms with Gasteiger partial charge in [0.1, 0.15) is 0 Å². The number of para-hydroxylation sites is 1. The normalized spacial score (nSPS) is 10.1. The SMILES string of the molecule is C(#Cc1cc2ccccc2[nH]1)CCc1ccccc1. The third-order valence-electron chi connectivity index (χ3n) is 3.13. The Bertz CT molecular complexity index is 693. The molecule has 1 heteroatoms. The van der Waals surface area contributed by atoms with Crippen LogP contribution in [0.3, 0.4) is 0 Å². The number of fused-ring (bicyclic) bond motifs is 1. The lowest BCUT2D eigenvalue weighted by molar-refractivity contribution is 1.03. The first kappa shape index (κ1) is 11.6. The highest BCUT2D eigenvalue weighted by Gasteiger charge is 1.95. The first-order valence-corrected chi connectivity index (χ1v) is 6.52. The van der Waals surface area contributed by atoms with E-state index in [1.807, 2.05) is 18.2 Å². The van der Waals surface area contributed by atoms with Gasteiger partial charge in [-0.2, -0.15) is 0 Å². The molecule has 1 heterocycles. The zero-order valence-electron chi connectivity index (χ0n) is 10.7. The molecular weight excluding hydrogens is 230 g/mol. The van der Waals surface area contributed by atoms with Crippen LogP contribution in [0.1, 0.15) is 17.7 Å². The van der Waals surface area contributed by atoms with Crippen molar-refractivity contribution >= 4 is 10.9 Å². The van der Waals surface area contributed by atoms with E-state index in [0.717, 1.165) is 24.1 Å². The van der Waals surface area contributed by atoms with Crippen LogP contribution in [0, 0.1) is 11.8 Å². The molecule has 0 aliphatic carbocycles. The molecule has 1 aromatic heterocycles. The number of benzene rings is 2. The van der Waals surface area contributed by atoms with E-state index >= 15 is 0 Å². The lowest BCUT2D eigenvalue weighted by atomic mass is 10.1. The second kappa shape index (κ2) is 5.46. The first-order valence-electron chi connectivity index (χ1n) is 6.52. The third kappa shape index (κ3) is 2.86. The number of aromatic nitrogens is 1. The second-order valence-corrected chi connectivity index (χ2v) is 4.56. The zero-order chi connectivity index (χ0) is 12.9. The molecule has 0 fully saturated rings. The van der Waals surface area contributed by atoms with Gasteiger partial charge in [-0.15, -0.1) is 0 Å². The van der Waals surface area contributed by atoms with E-state index in [1.54, 1.807) is 0 Å². The highest BCUT2D eigenvalue weighted by molar-refractivity contribution is 5.81. The average molecular weight is 245 g/mol. The largest absolute Gasteiger partial charge is 0.348 e. The maximum atomic E-state index is 3.32. The molecule has 1 N–H and O–H groups in total. The minimum Gasteiger partial charge on any atom is -0.348 e. The van der Waals surface area contributed by atoms with Crippen LogP contribution in [-0.4, -0.2) is 4.98 Å². The van der Waals surface area contributed by atoms with E-state index in [4.69, 9.17) is 0 Å². The molecule has 0 spiro atoms. The van der Waals surface area contributed by atoms with Crippen LogP contribution in [0.5, 0.6) is 0 Å². The molecule has 3 rings (SSSR count). The molecule has 0 unspecified atom stereocenters. The number of aryl methyl sites for hydroxylation is 1. The molecule has 19 heavy (non-hydrogen) atoms. The summed E-state index contributed by atoms with van der Waals surface area (Å²) in [6, 6.07) is 20.8. The predicted octanol–water partition coefficient (Wildman–Crippen LogP) is 4.15. The monoisotopic (exact) mass is 245 g/mol. The van der Waals surface area contributed by atoms with Crippen molar-refractivity contribution in [2.45, 2.75) is 12.8 Å². The minimum absolute atomic E-state index is 0.888. The van der Waals surface area contributed by atoms with Gasteiger partial charge < -0.3 is 4.98 Å². The van der Waals surface area contributed by atoms with E-state index in [-0.39, 0.29) is 0 Å². The van der Waals surface area contributed by atoms with Crippen LogP contribution in [0.15, 0.2) is 60.7 Å². The molecule has 0 radical (unpaired) electrons. The molecule has 3 aromatic rings. The van der Waals surface area contributed by atoms with Crippen molar-refractivity contribution in [2.75, 3.05) is 0 Å². The molecule has 2 aromatic carbocycles. The number of hydrogen-bond donors (Lipinski definition) is 1. The Balaban J connectivity index is 1.67. The molecule has 1 nitrogen and oxygen atoms in total. The highest BCUT2D eigenvalue weighted by atomic mass is 14.7. The van der Waals surface area contributed by atoms with Crippen LogP contribution < -0.4 is 0 Å². The van der Waals surface area contributed by atoms with Gasteiger partial charge in [0, 0.05) is 17.3 Å². The summed E-state index contributed by atoms with van der Waals surface area (Å²) in [6.07, 6.45) is 1.90. The molecule has 0 bridgehead atoms. The summed E-state index contributed by atoms with van der Waals surface area (Å²) in [5, 5.41) is 1.22. The van der Waals surface area contributed by atoms with E-state index in [0.29, 0.717) is 0 Å². The van der Waals surface area contributed by atoms with E-state index < -0.39 is 0 Å². The lowest BCUT2D eigenvalue weighted by Gasteiger charge is -1.94. The predicted molar refractivity (Wildman–Crippen MR) is 79.9 cm³/mol. The van der Waals surface area contributed by atoms with Crippen LogP contribution in [0.2, 0.25) is 0 Å². The molecule has 0 atom stereocenters. The fourth-order valence-electron chi connectivity index (χ4n) is 2.15. The van der Waals surface area contributed by atoms with Crippen LogP contribution in [0.4, 0.5) is 0 Å². The number of nitrogens with one attached hydrogen (secondary N) is 1. The van der Waals surface area contributed by atoms with Gasteiger partial charge in [-0.1, -0.05) is 54.5 Å². The summed E-state index contributed by atoms with van der Waals surface area (Å²) < 4.78 is 0. The van der Waals surface area contributed by atoms with Gasteiger partial charge >= 0.3 is 0 Å². The number of H-pyrrole nitrogens is 1. The number of aromatic amines is 1. The van der Waals surface area contributed by atoms with Gasteiger partial charge in [-0.05, 0) is 30.0 Å². The average Bonchev–Trinajstić information content (AvgIpc) is 2.87. The van der Waals surface area contributed by atoms with Crippen molar-refractivity contribution in [3.8, 4) is 11.8 Å². The van der Waals surface area contributed by atoms with Crippen molar-refractivity contribution in [2.24, 2.45) is 0 Å². The Kier molecular flexibility index (Phi) is 3.34. The molecular formula is C18H15N. The van der Waals surface area contributed by atoms with E-state index in [2.05, 4.69) is 59.3 Å². The molecule has 0 aliphatic rings. The van der Waals surface area contributed by atoms with Gasteiger partial charge in [0.25, 0.3) is 0 Å². The second-order valence-electron chi connectivity index (χ2n) is 4.56. The maximum Gasteiger partial charge on any atom is 0.0904 e. The van der Waals surface area contributed by atoms with Crippen molar-refractivity contribution in [3.05, 3.63) is 71.9 Å². The summed E-state index contributed by atoms with van der Waals surface area (Å²) in [6.45, 7) is 0. The van der Waals surface area contributed by atoms with Crippen molar-refractivity contribution < 1.29 is 0 Å². The summed E-state index contributed by atoms with van der Waals surface area (Å²) in [7, 11) is 0. The van der Waals surface area contributed by atoms with Gasteiger partial charge in [0.2, 0.25) is 0 Å². The number of rotatable bonds is 2. The topological polar surface area (TPSA) is 15.8 Å². The Morgan fingerprint density at radius 2 is 1.68 bits per heavy atom. The third-order valence-corrected chi connectivity index (χ3v) is 3.13. The van der Waals surface area contributed by atoms with Crippen molar-refractivity contribution in [3.63, 3.8) is 0 Å². The van der Waals surface area contributed by atoms with Gasteiger partial charge in [0.15, 0.2) is 0 Å². The van der Waals surface area contributed by atoms with Crippen LogP contribution in [0.25, 0.3) is 10.9 Å². The van der Waals surface area contributed by atoms with Crippen molar-refractivity contribution in [1.29, 1.82) is 0 Å². The minimum atomic E-state index is 0.888. The summed E-state index contributed by atoms with van der Waals surface area (Å²) in [5.41, 5.74) is 3.48. The fourth-order valence-corrected chi connectivity index (χ4v) is 2.15. The molecule has 0 amide bonds. The van der Waals surface area contributed by atoms with Gasteiger partial charge in [-0.3, -0.25) is 0 Å². The highest BCUT2D eigenvalue weighted by Crippen LogP contribution is 2.13.